The van der Waals surface area contributed by atoms with Gasteiger partial charge in [-0.25, -0.2) is 0 Å². The molecule has 1 aliphatic heterocycles. The summed E-state index contributed by atoms with van der Waals surface area (Å²) in [4.78, 5) is 0. The van der Waals surface area contributed by atoms with Gasteiger partial charge < -0.3 is 13.9 Å². The van der Waals surface area contributed by atoms with Crippen LogP contribution in [0, 0.1) is 5.92 Å². The van der Waals surface area contributed by atoms with Crippen molar-refractivity contribution in [3.8, 4) is 0 Å². The molecule has 0 saturated carbocycles. The van der Waals surface area contributed by atoms with Crippen LogP contribution in [-0.4, -0.2) is 32.9 Å². The summed E-state index contributed by atoms with van der Waals surface area (Å²) in [7, 11) is -2.58. The quantitative estimate of drug-likeness (QED) is 0.434. The maximum atomic E-state index is 7.09. The van der Waals surface area contributed by atoms with Crippen LogP contribution in [0.25, 0.3) is 0 Å². The predicted molar refractivity (Wildman–Crippen MR) is 131 cm³/mol. The maximum absolute atomic E-state index is 7.09. The van der Waals surface area contributed by atoms with Crippen molar-refractivity contribution < 1.29 is 13.9 Å². The highest BCUT2D eigenvalue weighted by atomic mass is 28.4. The Kier molecular flexibility index (Phi) is 7.27. The van der Waals surface area contributed by atoms with Crippen molar-refractivity contribution in [3.63, 3.8) is 0 Å². The second-order valence-corrected chi connectivity index (χ2v) is 14.4. The van der Waals surface area contributed by atoms with Crippen LogP contribution in [0.4, 0.5) is 0 Å². The van der Waals surface area contributed by atoms with E-state index in [0.717, 1.165) is 6.42 Å². The molecule has 1 fully saturated rings. The molecule has 0 radical (unpaired) electrons. The smallest absolute Gasteiger partial charge is 0.261 e. The predicted octanol–water partition coefficient (Wildman–Crippen LogP) is 5.30. The van der Waals surface area contributed by atoms with E-state index in [1.807, 2.05) is 19.9 Å². The lowest BCUT2D eigenvalue weighted by molar-refractivity contribution is -0.308. The number of hydrogen-bond donors (Lipinski definition) is 0. The average Bonchev–Trinajstić information content (AvgIpc) is 2.73. The third-order valence-electron chi connectivity index (χ3n) is 6.24. The number of benzene rings is 2. The second-order valence-electron chi connectivity index (χ2n) is 10.1. The van der Waals surface area contributed by atoms with Gasteiger partial charge in [0.2, 0.25) is 0 Å². The van der Waals surface area contributed by atoms with Crippen LogP contribution in [0.2, 0.25) is 5.04 Å². The zero-order chi connectivity index (χ0) is 22.7. The molecule has 4 heteroatoms. The Bertz CT molecular complexity index is 802. The molecule has 0 unspecified atom stereocenters. The van der Waals surface area contributed by atoms with Gasteiger partial charge in [-0.2, -0.15) is 0 Å². The maximum Gasteiger partial charge on any atom is 0.261 e. The summed E-state index contributed by atoms with van der Waals surface area (Å²) >= 11 is 0. The van der Waals surface area contributed by atoms with Gasteiger partial charge in [0, 0.05) is 12.3 Å². The van der Waals surface area contributed by atoms with E-state index >= 15 is 0 Å². The molecule has 3 atom stereocenters. The van der Waals surface area contributed by atoms with Crippen LogP contribution in [0.15, 0.2) is 73.3 Å². The Labute approximate surface area is 189 Å². The Balaban J connectivity index is 1.97. The van der Waals surface area contributed by atoms with Gasteiger partial charge in [0.05, 0.1) is 18.8 Å². The van der Waals surface area contributed by atoms with Crippen molar-refractivity contribution in [1.82, 2.24) is 0 Å². The van der Waals surface area contributed by atoms with E-state index in [1.54, 1.807) is 0 Å². The van der Waals surface area contributed by atoms with E-state index in [4.69, 9.17) is 13.9 Å². The normalized spacial score (nSPS) is 22.6. The lowest BCUT2D eigenvalue weighted by atomic mass is 9.97. The molecule has 0 amide bonds. The van der Waals surface area contributed by atoms with Crippen LogP contribution >= 0.6 is 0 Å². The Hall–Kier alpha value is -1.72. The zero-order valence-electron chi connectivity index (χ0n) is 19.9. The van der Waals surface area contributed by atoms with Crippen molar-refractivity contribution in [3.05, 3.63) is 73.3 Å². The number of ether oxygens (including phenoxy) is 2. The first-order valence-electron chi connectivity index (χ1n) is 11.3. The van der Waals surface area contributed by atoms with Crippen LogP contribution in [0.1, 0.15) is 48.0 Å². The first-order valence-corrected chi connectivity index (χ1v) is 13.2. The molecule has 0 aliphatic carbocycles. The van der Waals surface area contributed by atoms with Crippen molar-refractivity contribution in [2.45, 2.75) is 71.0 Å². The van der Waals surface area contributed by atoms with Gasteiger partial charge in [0.1, 0.15) is 0 Å². The first-order chi connectivity index (χ1) is 14.6. The topological polar surface area (TPSA) is 27.7 Å². The van der Waals surface area contributed by atoms with E-state index in [1.165, 1.54) is 10.4 Å². The molecule has 1 heterocycles. The number of hydrogen-bond acceptors (Lipinski definition) is 3. The van der Waals surface area contributed by atoms with E-state index in [9.17, 15) is 0 Å². The van der Waals surface area contributed by atoms with Gasteiger partial charge in [-0.15, -0.1) is 6.58 Å². The molecule has 0 aromatic heterocycles. The van der Waals surface area contributed by atoms with E-state index in [2.05, 4.69) is 94.9 Å². The van der Waals surface area contributed by atoms with Crippen LogP contribution in [0.5, 0.6) is 0 Å². The van der Waals surface area contributed by atoms with Crippen LogP contribution in [-0.2, 0) is 13.9 Å². The molecule has 31 heavy (non-hydrogen) atoms. The summed E-state index contributed by atoms with van der Waals surface area (Å²) in [5, 5.41) is 2.52. The highest BCUT2D eigenvalue weighted by Crippen LogP contribution is 2.38. The Morgan fingerprint density at radius 1 is 1.03 bits per heavy atom. The van der Waals surface area contributed by atoms with E-state index in [-0.39, 0.29) is 23.2 Å². The fourth-order valence-corrected chi connectivity index (χ4v) is 9.30. The van der Waals surface area contributed by atoms with E-state index < -0.39 is 14.1 Å². The van der Waals surface area contributed by atoms with Crippen LogP contribution in [0.3, 0.4) is 0 Å². The molecule has 2 aromatic carbocycles. The summed E-state index contributed by atoms with van der Waals surface area (Å²) in [6.07, 6.45) is 2.81. The first kappa shape index (κ1) is 23.9. The van der Waals surface area contributed by atoms with Crippen molar-refractivity contribution in [2.75, 3.05) is 6.61 Å². The minimum absolute atomic E-state index is 0.0298. The van der Waals surface area contributed by atoms with Gasteiger partial charge in [0.15, 0.2) is 5.79 Å². The molecule has 2 aromatic rings. The monoisotopic (exact) mass is 438 g/mol. The third-order valence-corrected chi connectivity index (χ3v) is 11.2. The molecule has 3 nitrogen and oxygen atoms in total. The van der Waals surface area contributed by atoms with Crippen LogP contribution < -0.4 is 10.4 Å². The van der Waals surface area contributed by atoms with Crippen molar-refractivity contribution in [2.24, 2.45) is 5.92 Å². The van der Waals surface area contributed by atoms with Gasteiger partial charge in [0.25, 0.3) is 8.32 Å². The molecule has 0 N–H and O–H groups in total. The molecular formula is C27H38O3Si. The molecular weight excluding hydrogens is 400 g/mol. The largest absolute Gasteiger partial charge is 0.405 e. The Morgan fingerprint density at radius 2 is 1.55 bits per heavy atom. The van der Waals surface area contributed by atoms with E-state index in [0.29, 0.717) is 6.61 Å². The minimum atomic E-state index is -2.58. The van der Waals surface area contributed by atoms with Crippen molar-refractivity contribution >= 4 is 18.7 Å². The minimum Gasteiger partial charge on any atom is -0.405 e. The molecule has 0 bridgehead atoms. The summed E-state index contributed by atoms with van der Waals surface area (Å²) in [6.45, 7) is 17.5. The standard InChI is InChI=1S/C27H38O3Si/c1-8-21(2)25-19-22(29-27(6,7)30-25)20-28-31(26(3,4)5,23-15-11-9-12-16-23)24-17-13-10-14-18-24/h8-18,21-22,25H,1,19-20H2,2-7H3/t21-,22+,25+/m1/s1. The molecule has 1 saturated heterocycles. The summed E-state index contributed by atoms with van der Waals surface area (Å²) < 4.78 is 19.6. The van der Waals surface area contributed by atoms with Gasteiger partial charge in [-0.3, -0.25) is 0 Å². The summed E-state index contributed by atoms with van der Waals surface area (Å²) in [5.41, 5.74) is 0. The zero-order valence-corrected chi connectivity index (χ0v) is 20.9. The fraction of sp³-hybridized carbons (Fsp3) is 0.481. The number of rotatable bonds is 7. The SMILES string of the molecule is C=C[C@@H](C)[C@@H]1C[C@@H](CO[Si](c2ccccc2)(c2ccccc2)C(C)(C)C)OC(C)(C)O1. The lowest BCUT2D eigenvalue weighted by Gasteiger charge is -2.46. The van der Waals surface area contributed by atoms with Gasteiger partial charge in [-0.1, -0.05) is 94.4 Å². The summed E-state index contributed by atoms with van der Waals surface area (Å²) in [5.74, 6) is -0.377. The molecule has 168 valence electrons. The summed E-state index contributed by atoms with van der Waals surface area (Å²) in [6, 6.07) is 21.5. The Morgan fingerprint density at radius 3 is 2.00 bits per heavy atom. The lowest BCUT2D eigenvalue weighted by Crippen LogP contribution is -2.67. The van der Waals surface area contributed by atoms with Gasteiger partial charge in [-0.05, 0) is 29.3 Å². The average molecular weight is 439 g/mol. The molecule has 0 spiro atoms. The second kappa shape index (κ2) is 9.41. The fourth-order valence-electron chi connectivity index (χ4n) is 4.70. The molecule has 3 rings (SSSR count). The molecule has 1 aliphatic rings. The highest BCUT2D eigenvalue weighted by Gasteiger charge is 2.51. The van der Waals surface area contributed by atoms with Gasteiger partial charge >= 0.3 is 0 Å². The van der Waals surface area contributed by atoms with Crippen molar-refractivity contribution in [1.29, 1.82) is 0 Å². The highest BCUT2D eigenvalue weighted by molar-refractivity contribution is 6.99. The third kappa shape index (κ3) is 5.20.